The third-order valence-electron chi connectivity index (χ3n) is 5.25. The lowest BCUT2D eigenvalue weighted by Gasteiger charge is -2.22. The van der Waals surface area contributed by atoms with Gasteiger partial charge in [0.15, 0.2) is 0 Å². The Morgan fingerprint density at radius 1 is 1.17 bits per heavy atom. The number of nitrogens with zero attached hydrogens (tertiary/aromatic N) is 3. The Bertz CT molecular complexity index is 1080. The van der Waals surface area contributed by atoms with Crippen molar-refractivity contribution in [1.82, 2.24) is 14.9 Å². The Labute approximate surface area is 184 Å². The Morgan fingerprint density at radius 3 is 2.57 bits per heavy atom. The molecule has 3 aromatic rings. The highest BCUT2D eigenvalue weighted by molar-refractivity contribution is 6.34. The number of imidazole rings is 1. The lowest BCUT2D eigenvalue weighted by molar-refractivity contribution is -0.126. The van der Waals surface area contributed by atoms with Crippen LogP contribution < -0.4 is 10.2 Å². The molecule has 0 saturated carbocycles. The van der Waals surface area contributed by atoms with E-state index in [1.54, 1.807) is 41.4 Å². The molecule has 2 heterocycles. The second-order valence-corrected chi connectivity index (χ2v) is 8.09. The highest BCUT2D eigenvalue weighted by Crippen LogP contribution is 2.32. The van der Waals surface area contributed by atoms with E-state index in [0.717, 1.165) is 5.56 Å². The summed E-state index contributed by atoms with van der Waals surface area (Å²) in [6, 6.07) is 13.9. The van der Waals surface area contributed by atoms with Gasteiger partial charge in [-0.25, -0.2) is 4.98 Å². The maximum absolute atomic E-state index is 13.1. The van der Waals surface area contributed by atoms with Crippen LogP contribution in [0.5, 0.6) is 0 Å². The minimum atomic E-state index is -0.483. The monoisotopic (exact) mass is 442 g/mol. The summed E-state index contributed by atoms with van der Waals surface area (Å²) < 4.78 is 1.86. The Hall–Kier alpha value is -2.83. The van der Waals surface area contributed by atoms with E-state index in [2.05, 4.69) is 10.3 Å². The Kier molecular flexibility index (Phi) is 5.79. The standard InChI is InChI=1S/C22H20Cl2N4O2/c1-27-11-10-25-21(27)20(14-6-8-16(23)9-7-14)26-22(30)15-12-19(29)28(13-15)18-5-3-2-4-17(18)24/h2-11,15,20H,12-13H2,1H3,(H,26,30)/t15-,20-/m1/s1. The molecule has 1 aliphatic rings. The van der Waals surface area contributed by atoms with Gasteiger partial charge in [0.25, 0.3) is 0 Å². The molecule has 1 fully saturated rings. The van der Waals surface area contributed by atoms with E-state index in [-0.39, 0.29) is 24.8 Å². The molecule has 1 saturated heterocycles. The molecule has 1 aromatic heterocycles. The number of aryl methyl sites for hydroxylation is 1. The number of carbonyl (C=O) groups excluding carboxylic acids is 2. The minimum absolute atomic E-state index is 0.122. The molecule has 6 nitrogen and oxygen atoms in total. The van der Waals surface area contributed by atoms with Crippen molar-refractivity contribution >= 4 is 40.7 Å². The van der Waals surface area contributed by atoms with Crippen molar-refractivity contribution in [3.05, 3.63) is 82.4 Å². The van der Waals surface area contributed by atoms with E-state index in [0.29, 0.717) is 21.6 Å². The molecule has 2 aromatic carbocycles. The fourth-order valence-electron chi connectivity index (χ4n) is 3.65. The summed E-state index contributed by atoms with van der Waals surface area (Å²) in [5, 5.41) is 4.16. The van der Waals surface area contributed by atoms with Gasteiger partial charge in [0, 0.05) is 37.4 Å². The van der Waals surface area contributed by atoms with Crippen LogP contribution in [-0.2, 0) is 16.6 Å². The summed E-state index contributed by atoms with van der Waals surface area (Å²) in [5.41, 5.74) is 1.48. The van der Waals surface area contributed by atoms with Crippen LogP contribution in [0.1, 0.15) is 23.9 Å². The van der Waals surface area contributed by atoms with Gasteiger partial charge in [-0.2, -0.15) is 0 Å². The second kappa shape index (κ2) is 8.50. The molecular formula is C22H20Cl2N4O2. The van der Waals surface area contributed by atoms with E-state index >= 15 is 0 Å². The van der Waals surface area contributed by atoms with Crippen LogP contribution in [0, 0.1) is 5.92 Å². The van der Waals surface area contributed by atoms with Gasteiger partial charge in [0.05, 0.1) is 16.6 Å². The zero-order chi connectivity index (χ0) is 21.3. The number of halogens is 2. The number of benzene rings is 2. The van der Waals surface area contributed by atoms with Crippen LogP contribution in [0.3, 0.4) is 0 Å². The van der Waals surface area contributed by atoms with Gasteiger partial charge in [0.1, 0.15) is 11.9 Å². The molecule has 0 spiro atoms. The minimum Gasteiger partial charge on any atom is -0.342 e. The van der Waals surface area contributed by atoms with Gasteiger partial charge in [-0.3, -0.25) is 9.59 Å². The molecule has 2 amide bonds. The Balaban J connectivity index is 1.56. The van der Waals surface area contributed by atoms with Gasteiger partial charge in [-0.05, 0) is 29.8 Å². The first kappa shape index (κ1) is 20.4. The molecule has 8 heteroatoms. The topological polar surface area (TPSA) is 67.2 Å². The van der Waals surface area contributed by atoms with Crippen LogP contribution in [0.15, 0.2) is 60.9 Å². The van der Waals surface area contributed by atoms with Gasteiger partial charge < -0.3 is 14.8 Å². The molecule has 1 N–H and O–H groups in total. The lowest BCUT2D eigenvalue weighted by atomic mass is 10.0. The first-order chi connectivity index (χ1) is 14.4. The Morgan fingerprint density at radius 2 is 1.90 bits per heavy atom. The number of para-hydroxylation sites is 1. The van der Waals surface area contributed by atoms with E-state index in [1.165, 1.54) is 0 Å². The quantitative estimate of drug-likeness (QED) is 0.649. The summed E-state index contributed by atoms with van der Waals surface area (Å²) in [7, 11) is 1.87. The molecule has 154 valence electrons. The van der Waals surface area contributed by atoms with Crippen molar-refractivity contribution in [3.63, 3.8) is 0 Å². The van der Waals surface area contributed by atoms with Crippen molar-refractivity contribution in [2.45, 2.75) is 12.5 Å². The van der Waals surface area contributed by atoms with Crippen molar-refractivity contribution in [2.75, 3.05) is 11.4 Å². The number of nitrogens with one attached hydrogen (secondary N) is 1. The van der Waals surface area contributed by atoms with Gasteiger partial charge in [0.2, 0.25) is 11.8 Å². The maximum atomic E-state index is 13.1. The highest BCUT2D eigenvalue weighted by atomic mass is 35.5. The summed E-state index contributed by atoms with van der Waals surface area (Å²) in [6.07, 6.45) is 3.64. The van der Waals surface area contributed by atoms with Crippen LogP contribution in [0.25, 0.3) is 0 Å². The van der Waals surface area contributed by atoms with Gasteiger partial charge in [-0.15, -0.1) is 0 Å². The van der Waals surface area contributed by atoms with Crippen LogP contribution in [-0.4, -0.2) is 27.9 Å². The molecular weight excluding hydrogens is 423 g/mol. The first-order valence-corrected chi connectivity index (χ1v) is 10.3. The predicted molar refractivity (Wildman–Crippen MR) is 117 cm³/mol. The SMILES string of the molecule is Cn1ccnc1[C@H](NC(=O)[C@@H]1CC(=O)N(c2ccccc2Cl)C1)c1ccc(Cl)cc1. The van der Waals surface area contributed by atoms with Gasteiger partial charge >= 0.3 is 0 Å². The fraction of sp³-hybridized carbons (Fsp3) is 0.227. The third-order valence-corrected chi connectivity index (χ3v) is 5.82. The van der Waals surface area contributed by atoms with Crippen molar-refractivity contribution < 1.29 is 9.59 Å². The van der Waals surface area contributed by atoms with Crippen molar-refractivity contribution in [1.29, 1.82) is 0 Å². The molecule has 0 aliphatic carbocycles. The van der Waals surface area contributed by atoms with Crippen LogP contribution in [0.4, 0.5) is 5.69 Å². The summed E-state index contributed by atoms with van der Waals surface area (Å²) in [6.45, 7) is 0.280. The molecule has 4 rings (SSSR count). The summed E-state index contributed by atoms with van der Waals surface area (Å²) in [4.78, 5) is 31.7. The molecule has 0 unspecified atom stereocenters. The van der Waals surface area contributed by atoms with E-state index in [1.807, 2.05) is 36.0 Å². The number of aromatic nitrogens is 2. The predicted octanol–water partition coefficient (Wildman–Crippen LogP) is 3.99. The van der Waals surface area contributed by atoms with Gasteiger partial charge in [-0.1, -0.05) is 47.5 Å². The largest absolute Gasteiger partial charge is 0.342 e. The van der Waals surface area contributed by atoms with Crippen molar-refractivity contribution in [2.24, 2.45) is 13.0 Å². The number of hydrogen-bond acceptors (Lipinski definition) is 3. The average molecular weight is 443 g/mol. The smallest absolute Gasteiger partial charge is 0.227 e. The average Bonchev–Trinajstić information content (AvgIpc) is 3.33. The fourth-order valence-corrected chi connectivity index (χ4v) is 4.02. The van der Waals surface area contributed by atoms with Crippen LogP contribution in [0.2, 0.25) is 10.0 Å². The molecule has 1 aliphatic heterocycles. The summed E-state index contributed by atoms with van der Waals surface area (Å²) >= 11 is 12.3. The maximum Gasteiger partial charge on any atom is 0.227 e. The number of carbonyl (C=O) groups is 2. The molecule has 2 atom stereocenters. The number of amides is 2. The zero-order valence-corrected chi connectivity index (χ0v) is 17.8. The number of rotatable bonds is 5. The zero-order valence-electron chi connectivity index (χ0n) is 16.3. The lowest BCUT2D eigenvalue weighted by Crippen LogP contribution is -2.37. The van der Waals surface area contributed by atoms with Crippen LogP contribution >= 0.6 is 23.2 Å². The number of anilines is 1. The summed E-state index contributed by atoms with van der Waals surface area (Å²) in [5.74, 6) is -0.120. The van der Waals surface area contributed by atoms with Crippen molar-refractivity contribution in [3.8, 4) is 0 Å². The third kappa shape index (κ3) is 4.06. The molecule has 0 radical (unpaired) electrons. The number of hydrogen-bond donors (Lipinski definition) is 1. The first-order valence-electron chi connectivity index (χ1n) is 9.52. The molecule has 0 bridgehead atoms. The highest BCUT2D eigenvalue weighted by Gasteiger charge is 2.37. The molecule has 30 heavy (non-hydrogen) atoms. The normalized spacial score (nSPS) is 17.2. The van der Waals surface area contributed by atoms with E-state index < -0.39 is 12.0 Å². The van der Waals surface area contributed by atoms with E-state index in [4.69, 9.17) is 23.2 Å². The second-order valence-electron chi connectivity index (χ2n) is 7.25. The van der Waals surface area contributed by atoms with E-state index in [9.17, 15) is 9.59 Å².